The number of hydrogen-bond donors (Lipinski definition) is 2. The van der Waals surface area contributed by atoms with Gasteiger partial charge in [0.05, 0.1) is 11.6 Å². The highest BCUT2D eigenvalue weighted by molar-refractivity contribution is 5.96. The number of aliphatic imine (C=N–C) groups is 1. The maximum absolute atomic E-state index is 12.8. The van der Waals surface area contributed by atoms with Gasteiger partial charge in [-0.3, -0.25) is 9.79 Å². The van der Waals surface area contributed by atoms with E-state index in [1.54, 1.807) is 29.8 Å². The van der Waals surface area contributed by atoms with Crippen LogP contribution in [0.4, 0.5) is 0 Å². The predicted molar refractivity (Wildman–Crippen MR) is 127 cm³/mol. The summed E-state index contributed by atoms with van der Waals surface area (Å²) in [7, 11) is 0. The van der Waals surface area contributed by atoms with Gasteiger partial charge in [0.25, 0.3) is 5.91 Å². The lowest BCUT2D eigenvalue weighted by Crippen LogP contribution is -2.52. The molecule has 3 saturated carbocycles. The number of aromatic hydroxyl groups is 1. The molecule has 1 amide bonds. The van der Waals surface area contributed by atoms with Crippen molar-refractivity contribution in [2.75, 3.05) is 0 Å². The Balaban J connectivity index is 1.20. The van der Waals surface area contributed by atoms with E-state index in [1.807, 2.05) is 0 Å². The molecule has 4 aliphatic carbocycles. The average molecular weight is 433 g/mol. The first-order valence-corrected chi connectivity index (χ1v) is 12.7. The Kier molecular flexibility index (Phi) is 4.61. The van der Waals surface area contributed by atoms with Gasteiger partial charge >= 0.3 is 0 Å². The number of para-hydroxylation sites is 1. The van der Waals surface area contributed by atoms with Gasteiger partial charge in [0, 0.05) is 17.7 Å². The molecule has 2 N–H and O–H groups in total. The van der Waals surface area contributed by atoms with Gasteiger partial charge in [-0.15, -0.1) is 0 Å². The molecule has 4 heteroatoms. The minimum Gasteiger partial charge on any atom is -0.507 e. The third-order valence-corrected chi connectivity index (χ3v) is 10.4. The Morgan fingerprint density at radius 2 is 1.91 bits per heavy atom. The third kappa shape index (κ3) is 2.80. The van der Waals surface area contributed by atoms with Gasteiger partial charge in [-0.05, 0) is 99.5 Å². The second-order valence-corrected chi connectivity index (χ2v) is 11.5. The zero-order valence-corrected chi connectivity index (χ0v) is 19.4. The largest absolute Gasteiger partial charge is 0.507 e. The van der Waals surface area contributed by atoms with Crippen LogP contribution >= 0.6 is 0 Å². The Hall–Kier alpha value is -2.10. The van der Waals surface area contributed by atoms with E-state index in [2.05, 4.69) is 31.5 Å². The molecule has 5 aliphatic rings. The number of carbonyl (C=O) groups excluding carboxylic acids is 1. The van der Waals surface area contributed by atoms with Gasteiger partial charge in [0.15, 0.2) is 0 Å². The molecule has 0 saturated heterocycles. The standard InChI is InChI=1S/C28H36N2O2/c1-17-22-9-10-24-20-8-7-18-15-19(30-26(32)21-5-3-4-6-25(21)31)11-13-27(18,2)23(20)12-14-28(22,24)16-29-17/h3-7,16-17,19-20,22-24,31H,8-15H2,1-2H3,(H,30,32). The second kappa shape index (κ2) is 7.20. The minimum atomic E-state index is -0.155. The van der Waals surface area contributed by atoms with Crippen LogP contribution in [0.3, 0.4) is 0 Å². The molecule has 1 aromatic rings. The number of nitrogens with zero attached hydrogens (tertiary/aromatic N) is 1. The van der Waals surface area contributed by atoms with Gasteiger partial charge in [-0.25, -0.2) is 0 Å². The van der Waals surface area contributed by atoms with E-state index in [9.17, 15) is 9.90 Å². The number of amides is 1. The lowest BCUT2D eigenvalue weighted by atomic mass is 9.47. The minimum absolute atomic E-state index is 0.0566. The highest BCUT2D eigenvalue weighted by atomic mass is 16.3. The number of hydrogen-bond acceptors (Lipinski definition) is 3. The van der Waals surface area contributed by atoms with Crippen molar-refractivity contribution in [2.24, 2.45) is 39.5 Å². The van der Waals surface area contributed by atoms with E-state index in [0.29, 0.717) is 17.0 Å². The molecule has 1 aromatic carbocycles. The molecule has 6 rings (SSSR count). The summed E-state index contributed by atoms with van der Waals surface area (Å²) in [6.45, 7) is 4.85. The topological polar surface area (TPSA) is 61.7 Å². The second-order valence-electron chi connectivity index (χ2n) is 11.5. The van der Waals surface area contributed by atoms with Gasteiger partial charge in [-0.1, -0.05) is 30.7 Å². The fraction of sp³-hybridized carbons (Fsp3) is 0.643. The fourth-order valence-electron chi connectivity index (χ4n) is 8.79. The molecule has 1 heterocycles. The van der Waals surface area contributed by atoms with Crippen LogP contribution in [0.15, 0.2) is 40.9 Å². The van der Waals surface area contributed by atoms with Crippen molar-refractivity contribution < 1.29 is 9.90 Å². The summed E-state index contributed by atoms with van der Waals surface area (Å²) in [5, 5.41) is 13.3. The van der Waals surface area contributed by atoms with Gasteiger partial charge in [0.1, 0.15) is 5.75 Å². The maximum Gasteiger partial charge on any atom is 0.255 e. The van der Waals surface area contributed by atoms with Crippen LogP contribution < -0.4 is 5.32 Å². The highest BCUT2D eigenvalue weighted by Gasteiger charge is 2.62. The summed E-state index contributed by atoms with van der Waals surface area (Å²) < 4.78 is 0. The summed E-state index contributed by atoms with van der Waals surface area (Å²) in [6, 6.07) is 7.50. The van der Waals surface area contributed by atoms with E-state index >= 15 is 0 Å². The van der Waals surface area contributed by atoms with Crippen molar-refractivity contribution in [3.05, 3.63) is 41.5 Å². The molecule has 170 valence electrons. The van der Waals surface area contributed by atoms with Crippen molar-refractivity contribution in [2.45, 2.75) is 77.3 Å². The van der Waals surface area contributed by atoms with Gasteiger partial charge in [0.2, 0.25) is 0 Å². The number of nitrogens with one attached hydrogen (secondary N) is 1. The van der Waals surface area contributed by atoms with Crippen LogP contribution in [-0.2, 0) is 0 Å². The Bertz CT molecular complexity index is 999. The molecule has 1 spiro atoms. The maximum atomic E-state index is 12.8. The normalized spacial score (nSPS) is 44.1. The molecule has 4 nitrogen and oxygen atoms in total. The summed E-state index contributed by atoms with van der Waals surface area (Å²) in [5.41, 5.74) is 2.62. The van der Waals surface area contributed by atoms with Crippen molar-refractivity contribution in [3.63, 3.8) is 0 Å². The lowest BCUT2D eigenvalue weighted by molar-refractivity contribution is -0.0158. The van der Waals surface area contributed by atoms with E-state index in [0.717, 1.165) is 42.9 Å². The Morgan fingerprint density at radius 3 is 2.75 bits per heavy atom. The number of fused-ring (bicyclic) bond motifs is 4. The lowest BCUT2D eigenvalue weighted by Gasteiger charge is -2.57. The molecule has 1 aliphatic heterocycles. The fourth-order valence-corrected chi connectivity index (χ4v) is 8.79. The first-order valence-electron chi connectivity index (χ1n) is 12.7. The van der Waals surface area contributed by atoms with Crippen LogP contribution in [0, 0.1) is 34.5 Å². The molecule has 8 unspecified atom stereocenters. The van der Waals surface area contributed by atoms with E-state index in [1.165, 1.54) is 32.1 Å². The monoisotopic (exact) mass is 432 g/mol. The number of allylic oxidation sites excluding steroid dienone is 1. The Labute approximate surface area is 191 Å². The highest BCUT2D eigenvalue weighted by Crippen LogP contribution is 2.67. The third-order valence-electron chi connectivity index (χ3n) is 10.4. The molecular weight excluding hydrogens is 396 g/mol. The molecule has 0 radical (unpaired) electrons. The van der Waals surface area contributed by atoms with Crippen molar-refractivity contribution >= 4 is 12.1 Å². The summed E-state index contributed by atoms with van der Waals surface area (Å²) in [6.07, 6.45) is 14.7. The van der Waals surface area contributed by atoms with Crippen molar-refractivity contribution in [3.8, 4) is 5.75 Å². The van der Waals surface area contributed by atoms with E-state index in [-0.39, 0.29) is 23.1 Å². The number of phenolic OH excluding ortho intramolecular Hbond substituents is 1. The summed E-state index contributed by atoms with van der Waals surface area (Å²) >= 11 is 0. The summed E-state index contributed by atoms with van der Waals surface area (Å²) in [5.74, 6) is 3.07. The number of carbonyl (C=O) groups is 1. The quantitative estimate of drug-likeness (QED) is 0.604. The van der Waals surface area contributed by atoms with Crippen LogP contribution in [0.2, 0.25) is 0 Å². The van der Waals surface area contributed by atoms with Crippen LogP contribution in [0.25, 0.3) is 0 Å². The molecule has 8 atom stereocenters. The van der Waals surface area contributed by atoms with Crippen molar-refractivity contribution in [1.29, 1.82) is 0 Å². The summed E-state index contributed by atoms with van der Waals surface area (Å²) in [4.78, 5) is 17.7. The smallest absolute Gasteiger partial charge is 0.255 e. The molecule has 0 aromatic heterocycles. The number of phenols is 1. The number of benzene rings is 1. The molecule has 3 fully saturated rings. The molecule has 32 heavy (non-hydrogen) atoms. The average Bonchev–Trinajstić information content (AvgIpc) is 3.31. The first kappa shape index (κ1) is 20.5. The van der Waals surface area contributed by atoms with Crippen LogP contribution in [0.1, 0.15) is 75.6 Å². The number of rotatable bonds is 2. The zero-order chi connectivity index (χ0) is 22.1. The Morgan fingerprint density at radius 1 is 1.09 bits per heavy atom. The first-order chi connectivity index (χ1) is 15.4. The van der Waals surface area contributed by atoms with Gasteiger partial charge in [-0.2, -0.15) is 0 Å². The molecule has 0 bridgehead atoms. The van der Waals surface area contributed by atoms with Crippen LogP contribution in [-0.4, -0.2) is 29.3 Å². The molecular formula is C28H36N2O2. The van der Waals surface area contributed by atoms with Gasteiger partial charge < -0.3 is 10.4 Å². The SMILES string of the molecule is CC1N=CC23CCC4C(CC=C5CC(NC(=O)c6ccccc6O)CCC54C)C2CCC13. The van der Waals surface area contributed by atoms with Crippen molar-refractivity contribution in [1.82, 2.24) is 5.32 Å². The van der Waals surface area contributed by atoms with Crippen LogP contribution in [0.5, 0.6) is 5.75 Å². The zero-order valence-electron chi connectivity index (χ0n) is 19.4. The van der Waals surface area contributed by atoms with E-state index < -0.39 is 0 Å². The van der Waals surface area contributed by atoms with E-state index in [4.69, 9.17) is 4.99 Å². The predicted octanol–water partition coefficient (Wildman–Crippen LogP) is 5.52.